The van der Waals surface area contributed by atoms with Crippen molar-refractivity contribution in [3.63, 3.8) is 0 Å². The highest BCUT2D eigenvalue weighted by molar-refractivity contribution is 7.86. The molecule has 6 heteroatoms. The van der Waals surface area contributed by atoms with Crippen molar-refractivity contribution in [3.05, 3.63) is 23.3 Å². The van der Waals surface area contributed by atoms with E-state index in [4.69, 9.17) is 4.74 Å². The average molecular weight is 341 g/mol. The molecule has 0 amide bonds. The van der Waals surface area contributed by atoms with Crippen molar-refractivity contribution in [1.29, 1.82) is 0 Å². The Labute approximate surface area is 138 Å². The van der Waals surface area contributed by atoms with Crippen LogP contribution in [0.2, 0.25) is 0 Å². The minimum Gasteiger partial charge on any atom is -0.493 e. The molecule has 1 heterocycles. The fourth-order valence-corrected chi connectivity index (χ4v) is 4.21. The van der Waals surface area contributed by atoms with E-state index in [-0.39, 0.29) is 17.7 Å². The second kappa shape index (κ2) is 8.02. The van der Waals surface area contributed by atoms with Crippen LogP contribution in [-0.4, -0.2) is 19.6 Å². The molecule has 1 aromatic rings. The van der Waals surface area contributed by atoms with Gasteiger partial charge in [-0.05, 0) is 18.6 Å². The summed E-state index contributed by atoms with van der Waals surface area (Å²) in [6.45, 7) is 2.59. The maximum atomic E-state index is 12.2. The third-order valence-electron chi connectivity index (χ3n) is 4.39. The van der Waals surface area contributed by atoms with Gasteiger partial charge in [-0.15, -0.1) is 0 Å². The van der Waals surface area contributed by atoms with E-state index < -0.39 is 15.4 Å². The van der Waals surface area contributed by atoms with Crippen LogP contribution in [0, 0.1) is 0 Å². The van der Waals surface area contributed by atoms with Crippen molar-refractivity contribution < 1.29 is 22.8 Å². The number of benzene rings is 1. The molecule has 1 atom stereocenters. The van der Waals surface area contributed by atoms with Gasteiger partial charge in [0.1, 0.15) is 11.0 Å². The molecule has 0 spiro atoms. The molecule has 0 saturated carbocycles. The van der Waals surface area contributed by atoms with Crippen LogP contribution in [0.4, 0.5) is 0 Å². The molecule has 1 N–H and O–H groups in total. The van der Waals surface area contributed by atoms with Crippen LogP contribution in [0.5, 0.6) is 11.5 Å². The molecule has 0 saturated heterocycles. The first-order chi connectivity index (χ1) is 10.9. The molecule has 5 nitrogen and oxygen atoms in total. The number of ether oxygens (including phenoxy) is 1. The fourth-order valence-electron chi connectivity index (χ4n) is 3.18. The zero-order chi connectivity index (χ0) is 16.9. The highest BCUT2D eigenvalue weighted by Crippen LogP contribution is 2.42. The largest absolute Gasteiger partial charge is 0.493 e. The Morgan fingerprint density at radius 3 is 2.57 bits per heavy atom. The maximum Gasteiger partial charge on any atom is 0.272 e. The second-order valence-electron chi connectivity index (χ2n) is 6.11. The lowest BCUT2D eigenvalue weighted by atomic mass is 9.97. The Balaban J connectivity index is 2.13. The average Bonchev–Trinajstić information content (AvgIpc) is 2.95. The molecule has 0 bridgehead atoms. The van der Waals surface area contributed by atoms with Crippen molar-refractivity contribution in [2.45, 2.75) is 63.5 Å². The summed E-state index contributed by atoms with van der Waals surface area (Å²) < 4.78 is 38.7. The van der Waals surface area contributed by atoms with Gasteiger partial charge in [-0.3, -0.25) is 9.66 Å². The summed E-state index contributed by atoms with van der Waals surface area (Å²) in [5.41, 5.74) is 0.849. The third-order valence-corrected chi connectivity index (χ3v) is 5.58. The van der Waals surface area contributed by atoms with Crippen molar-refractivity contribution in [3.8, 4) is 11.5 Å². The van der Waals surface area contributed by atoms with Gasteiger partial charge in [0, 0.05) is 17.5 Å². The summed E-state index contributed by atoms with van der Waals surface area (Å²) >= 11 is 0. The maximum absolute atomic E-state index is 12.2. The van der Waals surface area contributed by atoms with Gasteiger partial charge in [0.15, 0.2) is 5.75 Å². The Bertz CT molecular complexity index is 624. The van der Waals surface area contributed by atoms with Gasteiger partial charge in [0.2, 0.25) is 0 Å². The first-order valence-electron chi connectivity index (χ1n) is 8.37. The molecule has 1 aliphatic rings. The molecule has 23 heavy (non-hydrogen) atoms. The molecule has 2 rings (SSSR count). The zero-order valence-electron chi connectivity index (χ0n) is 13.6. The van der Waals surface area contributed by atoms with E-state index in [9.17, 15) is 18.1 Å². The summed E-state index contributed by atoms with van der Waals surface area (Å²) in [6, 6.07) is 2.92. The fraction of sp³-hybridized carbons (Fsp3) is 0.647. The predicted molar refractivity (Wildman–Crippen MR) is 88.1 cm³/mol. The van der Waals surface area contributed by atoms with Crippen LogP contribution in [-0.2, 0) is 21.6 Å². The van der Waals surface area contributed by atoms with Gasteiger partial charge < -0.3 is 4.74 Å². The first-order valence-corrected chi connectivity index (χ1v) is 9.87. The molecule has 0 aromatic heterocycles. The van der Waals surface area contributed by atoms with E-state index in [2.05, 4.69) is 6.92 Å². The van der Waals surface area contributed by atoms with E-state index in [1.165, 1.54) is 12.5 Å². The van der Waals surface area contributed by atoms with Crippen LogP contribution in [0.25, 0.3) is 0 Å². The smallest absolute Gasteiger partial charge is 0.272 e. The van der Waals surface area contributed by atoms with E-state index in [1.54, 1.807) is 6.07 Å². The lowest BCUT2D eigenvalue weighted by molar-refractivity contribution is 0.343. The molecule has 1 aliphatic heterocycles. The van der Waals surface area contributed by atoms with Crippen LogP contribution in [0.1, 0.15) is 68.2 Å². The predicted octanol–water partition coefficient (Wildman–Crippen LogP) is 4.44. The monoisotopic (exact) mass is 341 g/mol. The molecule has 1 radical (unpaired) electrons. The Kier molecular flexibility index (Phi) is 6.30. The highest BCUT2D eigenvalue weighted by Gasteiger charge is 2.33. The van der Waals surface area contributed by atoms with Gasteiger partial charge in [0.05, 0.1) is 6.61 Å². The third kappa shape index (κ3) is 4.61. The molecule has 1 unspecified atom stereocenters. The van der Waals surface area contributed by atoms with Gasteiger partial charge in [0.25, 0.3) is 10.1 Å². The van der Waals surface area contributed by atoms with Crippen molar-refractivity contribution >= 4 is 10.1 Å². The first kappa shape index (κ1) is 18.1. The summed E-state index contributed by atoms with van der Waals surface area (Å²) in [6.07, 6.45) is 6.89. The minimum atomic E-state index is -4.32. The van der Waals surface area contributed by atoms with Crippen molar-refractivity contribution in [1.82, 2.24) is 0 Å². The number of fused-ring (bicyclic) bond motifs is 1. The lowest BCUT2D eigenvalue weighted by Gasteiger charge is -2.17. The number of rotatable bonds is 9. The number of hydrogen-bond donors (Lipinski definition) is 1. The van der Waals surface area contributed by atoms with E-state index >= 15 is 0 Å². The molecule has 129 valence electrons. The summed E-state index contributed by atoms with van der Waals surface area (Å²) in [5, 5.41) is 11.1. The number of hydrogen-bond acceptors (Lipinski definition) is 3. The summed E-state index contributed by atoms with van der Waals surface area (Å²) in [5.74, 6) is 0.235. The quantitative estimate of drug-likeness (QED) is 0.531. The molecule has 1 aromatic carbocycles. The molecule has 0 aliphatic carbocycles. The normalized spacial score (nSPS) is 15.2. The zero-order valence-corrected chi connectivity index (χ0v) is 14.4. The summed E-state index contributed by atoms with van der Waals surface area (Å²) in [7, 11) is -4.32. The lowest BCUT2D eigenvalue weighted by Crippen LogP contribution is -2.14. The SMILES string of the molecule is CCCCCCCCC(c1c([O])ccc2c1CCO2)S(=O)(=O)O. The Hall–Kier alpha value is -1.27. The van der Waals surface area contributed by atoms with Gasteiger partial charge >= 0.3 is 0 Å². The molecular weight excluding hydrogens is 316 g/mol. The summed E-state index contributed by atoms with van der Waals surface area (Å²) in [4.78, 5) is 0. The molecule has 0 fully saturated rings. The number of unbranched alkanes of at least 4 members (excludes halogenated alkanes) is 5. The van der Waals surface area contributed by atoms with Gasteiger partial charge in [-0.25, -0.2) is 0 Å². The van der Waals surface area contributed by atoms with Crippen molar-refractivity contribution in [2.75, 3.05) is 6.61 Å². The standard InChI is InChI=1S/C17H25O5S/c1-2-3-4-5-6-7-8-16(23(19,20)21)17-13-11-12-22-15(13)10-9-14(17)18/h9-10,16H,2-8,11-12H2,1H3,(H,19,20,21). The van der Waals surface area contributed by atoms with Crippen molar-refractivity contribution in [2.24, 2.45) is 0 Å². The minimum absolute atomic E-state index is 0.205. The van der Waals surface area contributed by atoms with Crippen LogP contribution in [0.15, 0.2) is 12.1 Å². The molecular formula is C17H25O5S. The topological polar surface area (TPSA) is 83.5 Å². The Morgan fingerprint density at radius 1 is 1.17 bits per heavy atom. The Morgan fingerprint density at radius 2 is 1.87 bits per heavy atom. The van der Waals surface area contributed by atoms with E-state index in [0.29, 0.717) is 30.8 Å². The van der Waals surface area contributed by atoms with Gasteiger partial charge in [-0.2, -0.15) is 8.42 Å². The van der Waals surface area contributed by atoms with Crippen LogP contribution >= 0.6 is 0 Å². The van der Waals surface area contributed by atoms with E-state index in [1.807, 2.05) is 0 Å². The van der Waals surface area contributed by atoms with Crippen LogP contribution in [0.3, 0.4) is 0 Å². The van der Waals surface area contributed by atoms with Gasteiger partial charge in [-0.1, -0.05) is 45.4 Å². The second-order valence-corrected chi connectivity index (χ2v) is 7.71. The van der Waals surface area contributed by atoms with Crippen LogP contribution < -0.4 is 4.74 Å². The van der Waals surface area contributed by atoms with E-state index in [0.717, 1.165) is 25.7 Å². The highest BCUT2D eigenvalue weighted by atomic mass is 32.2.